The number of aliphatic hydroxyl groups is 2. The molecule has 0 radical (unpaired) electrons. The van der Waals surface area contributed by atoms with Gasteiger partial charge >= 0.3 is 5.97 Å². The van der Waals surface area contributed by atoms with Crippen molar-refractivity contribution >= 4 is 23.0 Å². The Morgan fingerprint density at radius 1 is 1.39 bits per heavy atom. The van der Waals surface area contributed by atoms with Gasteiger partial charge in [-0.2, -0.15) is 0 Å². The second-order valence-electron chi connectivity index (χ2n) is 5.17. The number of hydrogen-bond donors (Lipinski definition) is 3. The maximum Gasteiger partial charge on any atom is 0.376 e. The van der Waals surface area contributed by atoms with E-state index >= 15 is 0 Å². The number of imidazole rings is 1. The number of esters is 1. The number of hydrogen-bond acceptors (Lipinski definition) is 9. The van der Waals surface area contributed by atoms with E-state index in [4.69, 9.17) is 4.74 Å². The fourth-order valence-corrected chi connectivity index (χ4v) is 2.52. The van der Waals surface area contributed by atoms with Crippen LogP contribution in [0.3, 0.4) is 0 Å². The Kier molecular flexibility index (Phi) is 3.88. The lowest BCUT2D eigenvalue weighted by Gasteiger charge is -2.16. The van der Waals surface area contributed by atoms with E-state index in [2.05, 4.69) is 25.0 Å². The molecular weight excluding hydrogens is 306 g/mol. The van der Waals surface area contributed by atoms with Crippen molar-refractivity contribution < 1.29 is 24.5 Å². The van der Waals surface area contributed by atoms with Gasteiger partial charge in [-0.3, -0.25) is 4.57 Å². The molecule has 3 heterocycles. The zero-order valence-corrected chi connectivity index (χ0v) is 12.8. The van der Waals surface area contributed by atoms with Crippen LogP contribution in [0.1, 0.15) is 23.8 Å². The molecule has 2 aromatic heterocycles. The molecule has 0 aliphatic carbocycles. The number of carbonyl (C=O) groups is 1. The quantitative estimate of drug-likeness (QED) is 0.627. The Morgan fingerprint density at radius 3 is 2.70 bits per heavy atom. The molecule has 1 saturated heterocycles. The van der Waals surface area contributed by atoms with Gasteiger partial charge in [0.05, 0.1) is 19.5 Å². The van der Waals surface area contributed by atoms with Gasteiger partial charge in [0.2, 0.25) is 5.82 Å². The summed E-state index contributed by atoms with van der Waals surface area (Å²) in [6.07, 6.45) is -2.16. The molecule has 0 saturated carbocycles. The third-order valence-electron chi connectivity index (χ3n) is 3.78. The summed E-state index contributed by atoms with van der Waals surface area (Å²) in [5, 5.41) is 22.8. The topological polar surface area (TPSA) is 132 Å². The van der Waals surface area contributed by atoms with Crippen molar-refractivity contribution in [1.29, 1.82) is 0 Å². The van der Waals surface area contributed by atoms with Crippen LogP contribution in [0.2, 0.25) is 0 Å². The van der Waals surface area contributed by atoms with Crippen LogP contribution in [0, 0.1) is 0 Å². The summed E-state index contributed by atoms with van der Waals surface area (Å²) in [7, 11) is 2.86. The molecule has 1 aliphatic heterocycles. The van der Waals surface area contributed by atoms with Crippen molar-refractivity contribution in [3.63, 3.8) is 0 Å². The van der Waals surface area contributed by atoms with Gasteiger partial charge < -0.3 is 25.0 Å². The second kappa shape index (κ2) is 5.72. The lowest BCUT2D eigenvalue weighted by atomic mass is 10.1. The van der Waals surface area contributed by atoms with E-state index in [-0.39, 0.29) is 11.5 Å². The molecular formula is C13H17N5O5. The Morgan fingerprint density at radius 2 is 2.13 bits per heavy atom. The van der Waals surface area contributed by atoms with Crippen molar-refractivity contribution in [2.24, 2.45) is 0 Å². The first kappa shape index (κ1) is 15.6. The summed E-state index contributed by atoms with van der Waals surface area (Å²) in [4.78, 5) is 24.1. The Hall–Kier alpha value is -2.30. The average molecular weight is 323 g/mol. The maximum absolute atomic E-state index is 11.7. The molecule has 1 aliphatic rings. The molecule has 10 nitrogen and oxygen atoms in total. The van der Waals surface area contributed by atoms with Crippen molar-refractivity contribution in [2.75, 3.05) is 19.5 Å². The fourth-order valence-electron chi connectivity index (χ4n) is 2.52. The Bertz CT molecular complexity index is 748. The van der Waals surface area contributed by atoms with Crippen LogP contribution < -0.4 is 5.32 Å². The maximum atomic E-state index is 11.7. The molecule has 23 heavy (non-hydrogen) atoms. The van der Waals surface area contributed by atoms with Gasteiger partial charge in [0.1, 0.15) is 12.2 Å². The number of fused-ring (bicyclic) bond motifs is 1. The predicted molar refractivity (Wildman–Crippen MR) is 77.8 cm³/mol. The number of nitrogens with one attached hydrogen (secondary N) is 1. The molecule has 3 N–H and O–H groups in total. The minimum Gasteiger partial charge on any atom is -0.463 e. The highest BCUT2D eigenvalue weighted by Gasteiger charge is 2.42. The number of anilines is 1. The molecule has 0 aromatic carbocycles. The van der Waals surface area contributed by atoms with Gasteiger partial charge in [0.25, 0.3) is 0 Å². The molecule has 10 heteroatoms. The van der Waals surface area contributed by atoms with Crippen molar-refractivity contribution in [3.05, 3.63) is 12.2 Å². The van der Waals surface area contributed by atoms with Crippen LogP contribution in [-0.4, -0.2) is 68.2 Å². The first-order valence-corrected chi connectivity index (χ1v) is 7.00. The summed E-state index contributed by atoms with van der Waals surface area (Å²) in [6.45, 7) is 1.65. The summed E-state index contributed by atoms with van der Waals surface area (Å²) < 4.78 is 11.7. The van der Waals surface area contributed by atoms with Crippen molar-refractivity contribution in [3.8, 4) is 0 Å². The largest absolute Gasteiger partial charge is 0.463 e. The number of rotatable bonds is 3. The predicted octanol–water partition coefficient (Wildman–Crippen LogP) is -0.706. The van der Waals surface area contributed by atoms with E-state index in [0.29, 0.717) is 11.3 Å². The number of aromatic nitrogens is 4. The minimum atomic E-state index is -1.14. The minimum absolute atomic E-state index is 0.146. The number of methoxy groups -OCH3 is 1. The number of ether oxygens (including phenoxy) is 2. The van der Waals surface area contributed by atoms with E-state index in [9.17, 15) is 15.0 Å². The summed E-state index contributed by atoms with van der Waals surface area (Å²) in [5.41, 5.74) is 0.695. The fraction of sp³-hybridized carbons (Fsp3) is 0.538. The van der Waals surface area contributed by atoms with Crippen LogP contribution in [0.5, 0.6) is 0 Å². The number of carbonyl (C=O) groups excluding carboxylic acids is 1. The van der Waals surface area contributed by atoms with Crippen LogP contribution in [0.4, 0.5) is 5.82 Å². The molecule has 124 valence electrons. The van der Waals surface area contributed by atoms with Gasteiger partial charge in [-0.05, 0) is 6.92 Å². The first-order valence-electron chi connectivity index (χ1n) is 7.00. The lowest BCUT2D eigenvalue weighted by Crippen LogP contribution is -2.30. The van der Waals surface area contributed by atoms with E-state index < -0.39 is 30.5 Å². The molecule has 0 amide bonds. The third-order valence-corrected chi connectivity index (χ3v) is 3.78. The van der Waals surface area contributed by atoms with Crippen LogP contribution in [0.15, 0.2) is 6.33 Å². The smallest absolute Gasteiger partial charge is 0.376 e. The van der Waals surface area contributed by atoms with Gasteiger partial charge in [-0.1, -0.05) is 0 Å². The second-order valence-corrected chi connectivity index (χ2v) is 5.17. The molecule has 3 unspecified atom stereocenters. The summed E-state index contributed by atoms with van der Waals surface area (Å²) >= 11 is 0. The van der Waals surface area contributed by atoms with E-state index in [1.807, 2.05) is 0 Å². The molecule has 3 rings (SSSR count). The molecule has 0 bridgehead atoms. The van der Waals surface area contributed by atoms with Crippen LogP contribution >= 0.6 is 0 Å². The highest BCUT2D eigenvalue weighted by Crippen LogP contribution is 2.32. The van der Waals surface area contributed by atoms with Crippen LogP contribution in [0.25, 0.3) is 11.2 Å². The van der Waals surface area contributed by atoms with E-state index in [0.717, 1.165) is 0 Å². The van der Waals surface area contributed by atoms with Gasteiger partial charge in [0, 0.05) is 7.05 Å². The van der Waals surface area contributed by atoms with E-state index in [1.54, 1.807) is 14.0 Å². The average Bonchev–Trinajstić information content (AvgIpc) is 3.09. The normalized spacial score (nSPS) is 27.3. The lowest BCUT2D eigenvalue weighted by molar-refractivity contribution is -0.0299. The Labute approximate surface area is 131 Å². The van der Waals surface area contributed by atoms with Gasteiger partial charge in [0.15, 0.2) is 23.2 Å². The molecule has 0 spiro atoms. The Balaban J connectivity index is 2.14. The molecule has 4 atom stereocenters. The summed E-state index contributed by atoms with van der Waals surface area (Å²) in [6, 6.07) is 0. The molecule has 1 fully saturated rings. The first-order chi connectivity index (χ1) is 11.0. The van der Waals surface area contributed by atoms with Gasteiger partial charge in [-0.15, -0.1) is 0 Å². The highest BCUT2D eigenvalue weighted by molar-refractivity contribution is 5.91. The standard InChI is InChI=1S/C13H17N5O5/c1-5-7(19)8(20)12(23-5)18-4-15-6-9(14-2)16-10(13(21)22-3)17-11(6)18/h4-5,7-8,12,19-20H,1-3H3,(H,14,16,17)/t5-,7?,8?,12?/m1/s1. The zero-order valence-electron chi connectivity index (χ0n) is 12.8. The van der Waals surface area contributed by atoms with Crippen molar-refractivity contribution in [2.45, 2.75) is 31.5 Å². The summed E-state index contributed by atoms with van der Waals surface area (Å²) in [5.74, 6) is -0.500. The number of aliphatic hydroxyl groups excluding tert-OH is 2. The number of nitrogens with zero attached hydrogens (tertiary/aromatic N) is 4. The zero-order chi connectivity index (χ0) is 16.7. The monoisotopic (exact) mass is 323 g/mol. The van der Waals surface area contributed by atoms with Crippen molar-refractivity contribution in [1.82, 2.24) is 19.5 Å². The third kappa shape index (κ3) is 2.40. The van der Waals surface area contributed by atoms with E-state index in [1.165, 1.54) is 18.0 Å². The highest BCUT2D eigenvalue weighted by atomic mass is 16.6. The van der Waals surface area contributed by atoms with Crippen LogP contribution in [-0.2, 0) is 9.47 Å². The SMILES string of the molecule is CNc1nc(C(=O)OC)nc2c1ncn2C1O[C@H](C)C(O)C1O. The molecule has 2 aromatic rings. The van der Waals surface area contributed by atoms with Gasteiger partial charge in [-0.25, -0.2) is 19.7 Å².